The molecule has 0 bridgehead atoms. The Bertz CT molecular complexity index is 659. The van der Waals surface area contributed by atoms with Crippen molar-refractivity contribution in [1.29, 1.82) is 0 Å². The lowest BCUT2D eigenvalue weighted by atomic mass is 10.1. The van der Waals surface area contributed by atoms with Crippen molar-refractivity contribution in [2.45, 2.75) is 27.3 Å². The number of aryl methyl sites for hydroxylation is 2. The summed E-state index contributed by atoms with van der Waals surface area (Å²) in [4.78, 5) is 14.3. The molecular weight excluding hydrogens is 278 g/mol. The van der Waals surface area contributed by atoms with Crippen LogP contribution in [0.4, 0.5) is 0 Å². The molecule has 0 aliphatic heterocycles. The van der Waals surface area contributed by atoms with E-state index in [0.717, 1.165) is 22.7 Å². The lowest BCUT2D eigenvalue weighted by molar-refractivity contribution is 0.0783. The van der Waals surface area contributed by atoms with Crippen LogP contribution in [-0.2, 0) is 13.6 Å². The van der Waals surface area contributed by atoms with Crippen LogP contribution in [-0.4, -0.2) is 34.2 Å². The van der Waals surface area contributed by atoms with Crippen molar-refractivity contribution < 1.29 is 9.53 Å². The van der Waals surface area contributed by atoms with Gasteiger partial charge < -0.3 is 9.64 Å². The van der Waals surface area contributed by atoms with Crippen molar-refractivity contribution in [2.75, 3.05) is 13.7 Å². The van der Waals surface area contributed by atoms with Gasteiger partial charge in [-0.3, -0.25) is 9.48 Å². The highest BCUT2D eigenvalue weighted by molar-refractivity contribution is 5.96. The monoisotopic (exact) mass is 301 g/mol. The molecule has 0 unspecified atom stereocenters. The Morgan fingerprint density at radius 1 is 1.27 bits per heavy atom. The maximum atomic E-state index is 12.6. The molecule has 22 heavy (non-hydrogen) atoms. The fraction of sp³-hybridized carbons (Fsp3) is 0.412. The Morgan fingerprint density at radius 2 is 1.91 bits per heavy atom. The van der Waals surface area contributed by atoms with E-state index in [4.69, 9.17) is 4.74 Å². The number of rotatable bonds is 5. The average molecular weight is 301 g/mol. The Hall–Kier alpha value is -2.30. The van der Waals surface area contributed by atoms with Gasteiger partial charge in [0.15, 0.2) is 0 Å². The van der Waals surface area contributed by atoms with Crippen molar-refractivity contribution in [1.82, 2.24) is 14.7 Å². The van der Waals surface area contributed by atoms with Crippen molar-refractivity contribution >= 4 is 5.91 Å². The fourth-order valence-corrected chi connectivity index (χ4v) is 2.48. The number of carbonyl (C=O) groups excluding carboxylic acids is 1. The number of hydrogen-bond acceptors (Lipinski definition) is 3. The average Bonchev–Trinajstić information content (AvgIpc) is 2.74. The summed E-state index contributed by atoms with van der Waals surface area (Å²) < 4.78 is 7.17. The van der Waals surface area contributed by atoms with Gasteiger partial charge in [0.25, 0.3) is 5.91 Å². The molecule has 1 aromatic carbocycles. The van der Waals surface area contributed by atoms with Crippen molar-refractivity contribution in [3.05, 3.63) is 46.8 Å². The highest BCUT2D eigenvalue weighted by atomic mass is 16.5. The van der Waals surface area contributed by atoms with Gasteiger partial charge in [0.2, 0.25) is 0 Å². The molecule has 0 N–H and O–H groups in total. The predicted molar refractivity (Wildman–Crippen MR) is 86.1 cm³/mol. The summed E-state index contributed by atoms with van der Waals surface area (Å²) in [5.41, 5.74) is 3.42. The molecule has 0 atom stereocenters. The third-order valence-corrected chi connectivity index (χ3v) is 3.72. The van der Waals surface area contributed by atoms with Gasteiger partial charge >= 0.3 is 0 Å². The van der Waals surface area contributed by atoms with Crippen LogP contribution in [0.1, 0.15) is 34.2 Å². The van der Waals surface area contributed by atoms with Crippen LogP contribution in [0.3, 0.4) is 0 Å². The van der Waals surface area contributed by atoms with E-state index in [9.17, 15) is 4.79 Å². The van der Waals surface area contributed by atoms with E-state index >= 15 is 0 Å². The minimum atomic E-state index is -0.00279. The lowest BCUT2D eigenvalue weighted by Crippen LogP contribution is -2.27. The Morgan fingerprint density at radius 3 is 2.41 bits per heavy atom. The quantitative estimate of drug-likeness (QED) is 0.853. The first-order valence-electron chi connectivity index (χ1n) is 7.41. The number of aromatic nitrogens is 2. The molecule has 5 heteroatoms. The fourth-order valence-electron chi connectivity index (χ4n) is 2.48. The molecule has 5 nitrogen and oxygen atoms in total. The minimum Gasteiger partial charge on any atom is -0.494 e. The molecule has 2 aromatic rings. The number of amides is 1. The van der Waals surface area contributed by atoms with Gasteiger partial charge in [-0.15, -0.1) is 0 Å². The van der Waals surface area contributed by atoms with E-state index in [0.29, 0.717) is 18.7 Å². The molecular formula is C17H23N3O2. The Kier molecular flexibility index (Phi) is 4.85. The van der Waals surface area contributed by atoms with E-state index < -0.39 is 0 Å². The summed E-state index contributed by atoms with van der Waals surface area (Å²) in [6.07, 6.45) is 0. The zero-order valence-electron chi connectivity index (χ0n) is 13.9. The number of carbonyl (C=O) groups is 1. The largest absolute Gasteiger partial charge is 0.494 e. The molecule has 2 rings (SSSR count). The van der Waals surface area contributed by atoms with Gasteiger partial charge in [0, 0.05) is 26.3 Å². The molecule has 1 aromatic heterocycles. The summed E-state index contributed by atoms with van der Waals surface area (Å²) >= 11 is 0. The maximum Gasteiger partial charge on any atom is 0.257 e. The second-order valence-electron chi connectivity index (χ2n) is 5.41. The number of ether oxygens (including phenoxy) is 1. The van der Waals surface area contributed by atoms with E-state index in [1.165, 1.54) is 0 Å². The summed E-state index contributed by atoms with van der Waals surface area (Å²) in [6.45, 7) is 6.94. The standard InChI is InChI=1S/C17H23N3O2/c1-6-22-15-9-7-14(8-10-15)11-19(4)17(21)16-12(2)18-20(5)13(16)3/h7-10H,6,11H2,1-5H3. The Labute approximate surface area is 131 Å². The molecule has 0 aliphatic carbocycles. The third-order valence-electron chi connectivity index (χ3n) is 3.72. The van der Waals surface area contributed by atoms with Crippen LogP contribution >= 0.6 is 0 Å². The SMILES string of the molecule is CCOc1ccc(CN(C)C(=O)c2c(C)nn(C)c2C)cc1. The molecule has 0 saturated carbocycles. The molecule has 1 heterocycles. The van der Waals surface area contributed by atoms with Crippen LogP contribution in [0.2, 0.25) is 0 Å². The first-order valence-corrected chi connectivity index (χ1v) is 7.41. The van der Waals surface area contributed by atoms with Gasteiger partial charge in [-0.25, -0.2) is 0 Å². The molecule has 0 spiro atoms. The predicted octanol–water partition coefficient (Wildman–Crippen LogP) is 2.71. The number of hydrogen-bond donors (Lipinski definition) is 0. The van der Waals surface area contributed by atoms with Crippen LogP contribution in [0, 0.1) is 13.8 Å². The van der Waals surface area contributed by atoms with Gasteiger partial charge in [0.1, 0.15) is 5.75 Å². The van der Waals surface area contributed by atoms with Gasteiger partial charge in [-0.2, -0.15) is 5.10 Å². The van der Waals surface area contributed by atoms with Gasteiger partial charge in [0.05, 0.1) is 17.9 Å². The normalized spacial score (nSPS) is 10.6. The first-order chi connectivity index (χ1) is 10.4. The number of nitrogens with zero attached hydrogens (tertiary/aromatic N) is 3. The second kappa shape index (κ2) is 6.64. The van der Waals surface area contributed by atoms with E-state index in [1.807, 2.05) is 59.1 Å². The Balaban J connectivity index is 2.11. The van der Waals surface area contributed by atoms with Gasteiger partial charge in [-0.1, -0.05) is 12.1 Å². The molecule has 1 amide bonds. The zero-order chi connectivity index (χ0) is 16.3. The molecule has 0 aliphatic rings. The minimum absolute atomic E-state index is 0.00279. The van der Waals surface area contributed by atoms with E-state index in [2.05, 4.69) is 5.10 Å². The second-order valence-corrected chi connectivity index (χ2v) is 5.41. The smallest absolute Gasteiger partial charge is 0.257 e. The van der Waals surface area contributed by atoms with E-state index in [-0.39, 0.29) is 5.91 Å². The van der Waals surface area contributed by atoms with Crippen LogP contribution in [0.15, 0.2) is 24.3 Å². The molecule has 0 radical (unpaired) electrons. The third kappa shape index (κ3) is 3.30. The first kappa shape index (κ1) is 16.1. The van der Waals surface area contributed by atoms with Crippen LogP contribution in [0.5, 0.6) is 5.75 Å². The van der Waals surface area contributed by atoms with Gasteiger partial charge in [-0.05, 0) is 38.5 Å². The molecule has 0 saturated heterocycles. The summed E-state index contributed by atoms with van der Waals surface area (Å²) in [5.74, 6) is 0.844. The van der Waals surface area contributed by atoms with E-state index in [1.54, 1.807) is 9.58 Å². The van der Waals surface area contributed by atoms with Crippen molar-refractivity contribution in [3.63, 3.8) is 0 Å². The lowest BCUT2D eigenvalue weighted by Gasteiger charge is -2.18. The topological polar surface area (TPSA) is 47.4 Å². The highest BCUT2D eigenvalue weighted by Crippen LogP contribution is 2.17. The number of benzene rings is 1. The molecule has 118 valence electrons. The molecule has 0 fully saturated rings. The zero-order valence-corrected chi connectivity index (χ0v) is 13.9. The summed E-state index contributed by atoms with van der Waals surface area (Å²) in [5, 5.41) is 4.31. The highest BCUT2D eigenvalue weighted by Gasteiger charge is 2.20. The maximum absolute atomic E-state index is 12.6. The summed E-state index contributed by atoms with van der Waals surface area (Å²) in [6, 6.07) is 7.82. The van der Waals surface area contributed by atoms with Crippen molar-refractivity contribution in [3.8, 4) is 5.75 Å². The summed E-state index contributed by atoms with van der Waals surface area (Å²) in [7, 11) is 3.66. The van der Waals surface area contributed by atoms with Crippen molar-refractivity contribution in [2.24, 2.45) is 7.05 Å². The van der Waals surface area contributed by atoms with Crippen LogP contribution < -0.4 is 4.74 Å². The van der Waals surface area contributed by atoms with Crippen LogP contribution in [0.25, 0.3) is 0 Å².